The quantitative estimate of drug-likeness (QED) is 0.545. The highest BCUT2D eigenvalue weighted by atomic mass is 15.1. The first-order valence-corrected chi connectivity index (χ1v) is 4.49. The Morgan fingerprint density at radius 1 is 1.00 bits per heavy atom. The number of likely N-dealkylation sites (tertiary alicyclic amines) is 1. The number of unbranched alkanes of at least 4 members (excludes halogenated alkanes) is 1. The molecular formula is C9H21N. The van der Waals surface area contributed by atoms with Gasteiger partial charge < -0.3 is 4.90 Å². The average Bonchev–Trinajstić information content (AvgIpc) is 2.40. The van der Waals surface area contributed by atoms with E-state index < -0.39 is 0 Å². The second kappa shape index (κ2) is 7.07. The molecule has 0 amide bonds. The summed E-state index contributed by atoms with van der Waals surface area (Å²) < 4.78 is 0. The van der Waals surface area contributed by atoms with Crippen LogP contribution in [0.3, 0.4) is 0 Å². The molecule has 0 radical (unpaired) electrons. The summed E-state index contributed by atoms with van der Waals surface area (Å²) in [5.74, 6) is 0. The Kier molecular flexibility index (Phi) is 7.04. The van der Waals surface area contributed by atoms with E-state index in [1.54, 1.807) is 0 Å². The lowest BCUT2D eigenvalue weighted by Gasteiger charge is -2.01. The molecule has 1 heteroatoms. The third-order valence-corrected chi connectivity index (χ3v) is 1.83. The smallest absolute Gasteiger partial charge is 0.00213 e. The molecule has 0 spiro atoms. The molecule has 0 atom stereocenters. The van der Waals surface area contributed by atoms with Gasteiger partial charge >= 0.3 is 0 Å². The van der Waals surface area contributed by atoms with Crippen molar-refractivity contribution in [2.45, 2.75) is 39.5 Å². The van der Waals surface area contributed by atoms with Gasteiger partial charge in [-0.2, -0.15) is 0 Å². The lowest BCUT2D eigenvalue weighted by atomic mass is 10.4. The number of hydrogen-bond donors (Lipinski definition) is 0. The minimum atomic E-state index is 1.32. The summed E-state index contributed by atoms with van der Waals surface area (Å²) in [6, 6.07) is 0. The van der Waals surface area contributed by atoms with Crippen LogP contribution in [0.25, 0.3) is 0 Å². The zero-order valence-electron chi connectivity index (χ0n) is 7.69. The summed E-state index contributed by atoms with van der Waals surface area (Å²) in [7, 11) is 2.17. The third-order valence-electron chi connectivity index (χ3n) is 1.83. The van der Waals surface area contributed by atoms with E-state index in [1.807, 2.05) is 0 Å². The summed E-state index contributed by atoms with van der Waals surface area (Å²) in [5.41, 5.74) is 0. The van der Waals surface area contributed by atoms with Crippen LogP contribution in [0.15, 0.2) is 0 Å². The highest BCUT2D eigenvalue weighted by molar-refractivity contribution is 4.59. The molecule has 0 aromatic carbocycles. The molecule has 1 fully saturated rings. The maximum Gasteiger partial charge on any atom is -0.00213 e. The molecule has 0 aliphatic carbocycles. The standard InChI is InChI=1S/C5H11N.C4H10/c1-6-4-2-3-5-6;1-3-4-2/h2-5H2,1H3;3-4H2,1-2H3. The SMILES string of the molecule is CCCC.CN1CCCC1. The largest absolute Gasteiger partial charge is 0.306 e. The van der Waals surface area contributed by atoms with Crippen molar-refractivity contribution >= 4 is 0 Å². The first-order chi connectivity index (χ1) is 4.81. The Bertz CT molecular complexity index is 53.7. The Hall–Kier alpha value is -0.0400. The molecule has 0 aromatic rings. The van der Waals surface area contributed by atoms with Gasteiger partial charge in [0.1, 0.15) is 0 Å². The first-order valence-electron chi connectivity index (χ1n) is 4.49. The topological polar surface area (TPSA) is 3.24 Å². The maximum absolute atomic E-state index is 2.36. The van der Waals surface area contributed by atoms with E-state index in [1.165, 1.54) is 38.8 Å². The van der Waals surface area contributed by atoms with Crippen molar-refractivity contribution in [1.82, 2.24) is 4.90 Å². The van der Waals surface area contributed by atoms with Gasteiger partial charge in [0.25, 0.3) is 0 Å². The van der Waals surface area contributed by atoms with Gasteiger partial charge in [0.05, 0.1) is 0 Å². The van der Waals surface area contributed by atoms with Gasteiger partial charge in [0.2, 0.25) is 0 Å². The van der Waals surface area contributed by atoms with Crippen LogP contribution >= 0.6 is 0 Å². The van der Waals surface area contributed by atoms with E-state index in [0.29, 0.717) is 0 Å². The van der Waals surface area contributed by atoms with Gasteiger partial charge in [-0.1, -0.05) is 26.7 Å². The molecule has 1 heterocycles. The van der Waals surface area contributed by atoms with Crippen molar-refractivity contribution in [1.29, 1.82) is 0 Å². The van der Waals surface area contributed by atoms with Crippen molar-refractivity contribution in [3.05, 3.63) is 0 Å². The highest BCUT2D eigenvalue weighted by Crippen LogP contribution is 2.01. The van der Waals surface area contributed by atoms with Crippen molar-refractivity contribution in [2.24, 2.45) is 0 Å². The average molecular weight is 143 g/mol. The fraction of sp³-hybridized carbons (Fsp3) is 1.00. The lowest BCUT2D eigenvalue weighted by Crippen LogP contribution is -2.10. The molecule has 1 rings (SSSR count). The summed E-state index contributed by atoms with van der Waals surface area (Å²) in [6.45, 7) is 7.00. The predicted octanol–water partition coefficient (Wildman–Crippen LogP) is 2.52. The molecule has 1 saturated heterocycles. The molecule has 0 saturated carbocycles. The molecule has 10 heavy (non-hydrogen) atoms. The lowest BCUT2D eigenvalue weighted by molar-refractivity contribution is 0.418. The van der Waals surface area contributed by atoms with E-state index in [0.717, 1.165) is 0 Å². The van der Waals surface area contributed by atoms with Crippen LogP contribution in [-0.2, 0) is 0 Å². The molecule has 1 aliphatic rings. The monoisotopic (exact) mass is 143 g/mol. The molecule has 1 nitrogen and oxygen atoms in total. The van der Waals surface area contributed by atoms with Crippen molar-refractivity contribution in [3.63, 3.8) is 0 Å². The Balaban J connectivity index is 0.000000180. The van der Waals surface area contributed by atoms with Gasteiger partial charge in [-0.3, -0.25) is 0 Å². The van der Waals surface area contributed by atoms with Crippen LogP contribution in [0.5, 0.6) is 0 Å². The Morgan fingerprint density at radius 3 is 1.50 bits per heavy atom. The first kappa shape index (κ1) is 9.96. The van der Waals surface area contributed by atoms with Gasteiger partial charge in [-0.05, 0) is 33.0 Å². The van der Waals surface area contributed by atoms with E-state index in [9.17, 15) is 0 Å². The zero-order valence-corrected chi connectivity index (χ0v) is 7.69. The fourth-order valence-corrected chi connectivity index (χ4v) is 0.875. The Labute approximate surface area is 65.4 Å². The molecule has 62 valence electrons. The third kappa shape index (κ3) is 6.09. The van der Waals surface area contributed by atoms with E-state index in [4.69, 9.17) is 0 Å². The second-order valence-electron chi connectivity index (χ2n) is 3.01. The predicted molar refractivity (Wildman–Crippen MR) is 47.3 cm³/mol. The highest BCUT2D eigenvalue weighted by Gasteiger charge is 2.03. The van der Waals surface area contributed by atoms with E-state index >= 15 is 0 Å². The molecule has 1 aliphatic heterocycles. The minimum absolute atomic E-state index is 1.32. The molecule has 0 aromatic heterocycles. The van der Waals surface area contributed by atoms with Crippen molar-refractivity contribution in [2.75, 3.05) is 20.1 Å². The van der Waals surface area contributed by atoms with Crippen molar-refractivity contribution in [3.8, 4) is 0 Å². The normalized spacial score (nSPS) is 18.3. The van der Waals surface area contributed by atoms with Crippen LogP contribution in [0.1, 0.15) is 39.5 Å². The molecule has 0 unspecified atom stereocenters. The second-order valence-corrected chi connectivity index (χ2v) is 3.01. The van der Waals surface area contributed by atoms with Gasteiger partial charge in [-0.25, -0.2) is 0 Å². The van der Waals surface area contributed by atoms with Gasteiger partial charge in [0, 0.05) is 0 Å². The molecule has 0 bridgehead atoms. The Morgan fingerprint density at radius 2 is 1.40 bits per heavy atom. The molecular weight excluding hydrogens is 122 g/mol. The van der Waals surface area contributed by atoms with E-state index in [2.05, 4.69) is 25.8 Å². The van der Waals surface area contributed by atoms with Crippen LogP contribution in [0.4, 0.5) is 0 Å². The molecule has 0 N–H and O–H groups in total. The number of nitrogens with zero attached hydrogens (tertiary/aromatic N) is 1. The number of hydrogen-bond acceptors (Lipinski definition) is 1. The summed E-state index contributed by atoms with van der Waals surface area (Å²) in [6.07, 6.45) is 5.47. The number of rotatable bonds is 1. The summed E-state index contributed by atoms with van der Waals surface area (Å²) in [5, 5.41) is 0. The van der Waals surface area contributed by atoms with Gasteiger partial charge in [0.15, 0.2) is 0 Å². The van der Waals surface area contributed by atoms with E-state index in [-0.39, 0.29) is 0 Å². The zero-order chi connectivity index (χ0) is 7.82. The maximum atomic E-state index is 2.36. The summed E-state index contributed by atoms with van der Waals surface area (Å²) in [4.78, 5) is 2.36. The van der Waals surface area contributed by atoms with Crippen LogP contribution < -0.4 is 0 Å². The van der Waals surface area contributed by atoms with Crippen molar-refractivity contribution < 1.29 is 0 Å². The van der Waals surface area contributed by atoms with Crippen LogP contribution in [0, 0.1) is 0 Å². The van der Waals surface area contributed by atoms with Gasteiger partial charge in [-0.15, -0.1) is 0 Å². The van der Waals surface area contributed by atoms with Crippen LogP contribution in [0.2, 0.25) is 0 Å². The van der Waals surface area contributed by atoms with Crippen LogP contribution in [-0.4, -0.2) is 25.0 Å². The fourth-order valence-electron chi connectivity index (χ4n) is 0.875. The summed E-state index contributed by atoms with van der Waals surface area (Å²) >= 11 is 0. The minimum Gasteiger partial charge on any atom is -0.306 e.